The lowest BCUT2D eigenvalue weighted by Gasteiger charge is -2.21. The fourth-order valence-electron chi connectivity index (χ4n) is 3.42. The van der Waals surface area contributed by atoms with E-state index in [1.54, 1.807) is 0 Å². The molecule has 0 atom stereocenters. The number of carbonyl (C=O) groups excluding carboxylic acids is 2. The molecule has 0 unspecified atom stereocenters. The third kappa shape index (κ3) is 5.42. The van der Waals surface area contributed by atoms with Crippen LogP contribution in [0.15, 0.2) is 29.6 Å². The molecular weight excluding hydrogens is 386 g/mol. The number of nitrogens with one attached hydrogen (secondary N) is 1. The van der Waals surface area contributed by atoms with E-state index in [1.807, 2.05) is 17.5 Å². The zero-order valence-electron chi connectivity index (χ0n) is 16.7. The van der Waals surface area contributed by atoms with Crippen molar-refractivity contribution in [1.82, 2.24) is 10.3 Å². The molecule has 1 N–H and O–H groups in total. The number of carbonyl (C=O) groups is 2. The van der Waals surface area contributed by atoms with Gasteiger partial charge in [-0.05, 0) is 37.2 Å². The number of hydrogen-bond donors (Lipinski definition) is 1. The zero-order chi connectivity index (χ0) is 20.9. The van der Waals surface area contributed by atoms with Gasteiger partial charge in [-0.2, -0.15) is 5.26 Å². The highest BCUT2D eigenvalue weighted by molar-refractivity contribution is 7.13. The molecule has 0 aliphatic heterocycles. The lowest BCUT2D eigenvalue weighted by atomic mass is 10.00. The Balaban J connectivity index is 1.50. The maximum atomic E-state index is 12.1. The summed E-state index contributed by atoms with van der Waals surface area (Å²) in [5.74, 6) is -0.477. The first-order valence-corrected chi connectivity index (χ1v) is 10.7. The molecule has 29 heavy (non-hydrogen) atoms. The first-order chi connectivity index (χ1) is 13.9. The van der Waals surface area contributed by atoms with Crippen LogP contribution < -0.4 is 5.32 Å². The SMILES string of the molecule is CC(C)c1ccc(-c2nc(CC(=O)OCC(=O)NC3(C#N)CCCC3)cs2)cc1. The van der Waals surface area contributed by atoms with Crippen molar-refractivity contribution in [2.75, 3.05) is 6.61 Å². The van der Waals surface area contributed by atoms with E-state index >= 15 is 0 Å². The van der Waals surface area contributed by atoms with Crippen LogP contribution >= 0.6 is 11.3 Å². The van der Waals surface area contributed by atoms with Crippen LogP contribution in [0.2, 0.25) is 0 Å². The van der Waals surface area contributed by atoms with Crippen molar-refractivity contribution < 1.29 is 14.3 Å². The summed E-state index contributed by atoms with van der Waals surface area (Å²) in [6.45, 7) is 3.92. The van der Waals surface area contributed by atoms with Gasteiger partial charge in [0.05, 0.1) is 18.2 Å². The highest BCUT2D eigenvalue weighted by atomic mass is 32.1. The van der Waals surface area contributed by atoms with Gasteiger partial charge in [0.25, 0.3) is 5.91 Å². The Morgan fingerprint density at radius 2 is 1.97 bits per heavy atom. The molecule has 2 aromatic rings. The molecule has 1 aliphatic rings. The van der Waals surface area contributed by atoms with Crippen molar-refractivity contribution >= 4 is 23.2 Å². The fraction of sp³-hybridized carbons (Fsp3) is 0.455. The highest BCUT2D eigenvalue weighted by Crippen LogP contribution is 2.29. The molecule has 0 saturated heterocycles. The Hall–Kier alpha value is -2.72. The van der Waals surface area contributed by atoms with Crippen LogP contribution in [0.25, 0.3) is 10.6 Å². The number of nitrogens with zero attached hydrogens (tertiary/aromatic N) is 2. The topological polar surface area (TPSA) is 92.1 Å². The summed E-state index contributed by atoms with van der Waals surface area (Å²) < 4.78 is 5.07. The molecule has 152 valence electrons. The van der Waals surface area contributed by atoms with Gasteiger partial charge < -0.3 is 10.1 Å². The van der Waals surface area contributed by atoms with Crippen LogP contribution in [0.1, 0.15) is 56.7 Å². The number of benzene rings is 1. The largest absolute Gasteiger partial charge is 0.455 e. The molecule has 0 spiro atoms. The maximum absolute atomic E-state index is 12.1. The van der Waals surface area contributed by atoms with Gasteiger partial charge in [-0.15, -0.1) is 11.3 Å². The first-order valence-electron chi connectivity index (χ1n) is 9.83. The standard InChI is InChI=1S/C22H25N3O3S/c1-15(2)16-5-7-17(8-6-16)21-24-18(13-29-21)11-20(27)28-12-19(26)25-22(14-23)9-3-4-10-22/h5-8,13,15H,3-4,9-12H2,1-2H3,(H,25,26). The van der Waals surface area contributed by atoms with Gasteiger partial charge in [-0.1, -0.05) is 38.1 Å². The predicted octanol–water partition coefficient (Wildman–Crippen LogP) is 3.97. The Morgan fingerprint density at radius 3 is 2.59 bits per heavy atom. The van der Waals surface area contributed by atoms with Gasteiger partial charge in [-0.3, -0.25) is 9.59 Å². The summed E-state index contributed by atoms with van der Waals surface area (Å²) in [7, 11) is 0. The van der Waals surface area contributed by atoms with Crippen molar-refractivity contribution in [3.63, 3.8) is 0 Å². The van der Waals surface area contributed by atoms with E-state index in [2.05, 4.69) is 42.4 Å². The van der Waals surface area contributed by atoms with Crippen LogP contribution in [-0.2, 0) is 20.7 Å². The summed E-state index contributed by atoms with van der Waals surface area (Å²) in [5.41, 5.74) is 2.09. The molecular formula is C22H25N3O3S. The first kappa shape index (κ1) is 21.0. The minimum Gasteiger partial charge on any atom is -0.455 e. The molecule has 1 amide bonds. The number of thiazole rings is 1. The number of ether oxygens (including phenoxy) is 1. The lowest BCUT2D eigenvalue weighted by molar-refractivity contribution is -0.148. The molecule has 1 aromatic carbocycles. The van der Waals surface area contributed by atoms with Crippen LogP contribution in [0.5, 0.6) is 0 Å². The molecule has 3 rings (SSSR count). The summed E-state index contributed by atoms with van der Waals surface area (Å²) in [4.78, 5) is 28.6. The second-order valence-corrected chi connectivity index (χ2v) is 8.57. The second kappa shape index (κ2) is 9.19. The number of esters is 1. The maximum Gasteiger partial charge on any atom is 0.312 e. The molecule has 0 bridgehead atoms. The van der Waals surface area contributed by atoms with Crippen LogP contribution in [0.3, 0.4) is 0 Å². The molecule has 1 fully saturated rings. The van der Waals surface area contributed by atoms with E-state index in [4.69, 9.17) is 4.74 Å². The monoisotopic (exact) mass is 411 g/mol. The Kier molecular flexibility index (Phi) is 6.65. The molecule has 1 aromatic heterocycles. The molecule has 7 heteroatoms. The number of hydrogen-bond acceptors (Lipinski definition) is 6. The van der Waals surface area contributed by atoms with Gasteiger partial charge in [0.15, 0.2) is 6.61 Å². The smallest absolute Gasteiger partial charge is 0.312 e. The molecule has 1 heterocycles. The summed E-state index contributed by atoms with van der Waals surface area (Å²) in [6, 6.07) is 10.4. The van der Waals surface area contributed by atoms with Gasteiger partial charge in [0.2, 0.25) is 0 Å². The van der Waals surface area contributed by atoms with E-state index in [9.17, 15) is 14.9 Å². The fourth-order valence-corrected chi connectivity index (χ4v) is 4.25. The number of nitriles is 1. The number of amides is 1. The Morgan fingerprint density at radius 1 is 1.28 bits per heavy atom. The van der Waals surface area contributed by atoms with Crippen molar-refractivity contribution in [2.45, 2.75) is 57.4 Å². The molecule has 1 saturated carbocycles. The van der Waals surface area contributed by atoms with Crippen molar-refractivity contribution in [2.24, 2.45) is 0 Å². The number of aromatic nitrogens is 1. The van der Waals surface area contributed by atoms with E-state index in [0.717, 1.165) is 23.4 Å². The molecule has 1 aliphatic carbocycles. The Bertz CT molecular complexity index is 906. The predicted molar refractivity (Wildman–Crippen MR) is 111 cm³/mol. The van der Waals surface area contributed by atoms with E-state index in [0.29, 0.717) is 24.5 Å². The summed E-state index contributed by atoms with van der Waals surface area (Å²) in [5, 5.41) is 14.7. The van der Waals surface area contributed by atoms with Crippen molar-refractivity contribution in [3.8, 4) is 16.6 Å². The van der Waals surface area contributed by atoms with Gasteiger partial charge in [-0.25, -0.2) is 4.98 Å². The van der Waals surface area contributed by atoms with E-state index < -0.39 is 17.4 Å². The quantitative estimate of drug-likeness (QED) is 0.696. The summed E-state index contributed by atoms with van der Waals surface area (Å²) in [6.07, 6.45) is 3.13. The van der Waals surface area contributed by atoms with E-state index in [-0.39, 0.29) is 13.0 Å². The lowest BCUT2D eigenvalue weighted by Crippen LogP contribution is -2.46. The van der Waals surface area contributed by atoms with Crippen molar-refractivity contribution in [3.05, 3.63) is 40.9 Å². The third-order valence-corrected chi connectivity index (χ3v) is 6.06. The minimum absolute atomic E-state index is 0.0112. The highest BCUT2D eigenvalue weighted by Gasteiger charge is 2.35. The molecule has 0 radical (unpaired) electrons. The zero-order valence-corrected chi connectivity index (χ0v) is 17.6. The second-order valence-electron chi connectivity index (χ2n) is 7.71. The average Bonchev–Trinajstić information content (AvgIpc) is 3.37. The Labute approximate surface area is 174 Å². The summed E-state index contributed by atoms with van der Waals surface area (Å²) >= 11 is 1.47. The van der Waals surface area contributed by atoms with Crippen LogP contribution in [0.4, 0.5) is 0 Å². The number of rotatable bonds is 7. The van der Waals surface area contributed by atoms with Crippen LogP contribution in [-0.4, -0.2) is 29.0 Å². The van der Waals surface area contributed by atoms with Gasteiger partial charge >= 0.3 is 5.97 Å². The van der Waals surface area contributed by atoms with Gasteiger partial charge in [0.1, 0.15) is 10.5 Å². The van der Waals surface area contributed by atoms with Gasteiger partial charge in [0, 0.05) is 10.9 Å². The van der Waals surface area contributed by atoms with Crippen LogP contribution in [0, 0.1) is 11.3 Å². The average molecular weight is 412 g/mol. The third-order valence-electron chi connectivity index (χ3n) is 5.12. The normalized spacial score (nSPS) is 15.1. The minimum atomic E-state index is -0.807. The van der Waals surface area contributed by atoms with Crippen molar-refractivity contribution in [1.29, 1.82) is 5.26 Å². The molecule has 6 nitrogen and oxygen atoms in total. The van der Waals surface area contributed by atoms with E-state index in [1.165, 1.54) is 16.9 Å².